The summed E-state index contributed by atoms with van der Waals surface area (Å²) in [4.78, 5) is 0. The van der Waals surface area contributed by atoms with Crippen LogP contribution < -0.4 is 4.74 Å². The Morgan fingerprint density at radius 2 is 1.84 bits per heavy atom. The summed E-state index contributed by atoms with van der Waals surface area (Å²) >= 11 is 0. The highest BCUT2D eigenvalue weighted by Crippen LogP contribution is 2.26. The van der Waals surface area contributed by atoms with Crippen LogP contribution in [0.5, 0.6) is 5.75 Å². The highest BCUT2D eigenvalue weighted by Gasteiger charge is 2.09. The lowest BCUT2D eigenvalue weighted by Crippen LogP contribution is -2.02. The van der Waals surface area contributed by atoms with Crippen LogP contribution in [0.1, 0.15) is 45.2 Å². The first-order valence-electron chi connectivity index (χ1n) is 7.46. The van der Waals surface area contributed by atoms with Crippen molar-refractivity contribution >= 4 is 10.9 Å². The largest absolute Gasteiger partial charge is 0.497 e. The Balaban J connectivity index is 2.39. The first kappa shape index (κ1) is 14.0. The van der Waals surface area contributed by atoms with E-state index in [1.165, 1.54) is 48.7 Å². The minimum absolute atomic E-state index is 0.946. The van der Waals surface area contributed by atoms with E-state index in [2.05, 4.69) is 42.7 Å². The van der Waals surface area contributed by atoms with Crippen LogP contribution in [0.2, 0.25) is 0 Å². The number of hydrogen-bond donors (Lipinski definition) is 0. The molecule has 0 amide bonds. The van der Waals surface area contributed by atoms with Crippen molar-refractivity contribution in [2.24, 2.45) is 0 Å². The molecule has 0 saturated heterocycles. The molecular weight excluding hydrogens is 234 g/mol. The number of hydrogen-bond acceptors (Lipinski definition) is 1. The number of methoxy groups -OCH3 is 1. The van der Waals surface area contributed by atoms with Crippen LogP contribution >= 0.6 is 0 Å². The Morgan fingerprint density at radius 3 is 2.53 bits per heavy atom. The molecule has 104 valence electrons. The van der Waals surface area contributed by atoms with Gasteiger partial charge in [0.05, 0.1) is 7.11 Å². The monoisotopic (exact) mass is 259 g/mol. The fraction of sp³-hybridized carbons (Fsp3) is 0.529. The summed E-state index contributed by atoms with van der Waals surface area (Å²) in [6, 6.07) is 8.74. The third-order valence-electron chi connectivity index (χ3n) is 3.72. The topological polar surface area (TPSA) is 14.2 Å². The SMILES string of the molecule is CCCCc1cc2cc(OC)ccc2n1CCCC. The van der Waals surface area contributed by atoms with Gasteiger partial charge < -0.3 is 9.30 Å². The average molecular weight is 259 g/mol. The minimum Gasteiger partial charge on any atom is -0.497 e. The number of aromatic nitrogens is 1. The molecule has 19 heavy (non-hydrogen) atoms. The lowest BCUT2D eigenvalue weighted by molar-refractivity contribution is 0.415. The zero-order chi connectivity index (χ0) is 13.7. The van der Waals surface area contributed by atoms with Crippen LogP contribution in [0.15, 0.2) is 24.3 Å². The molecule has 0 fully saturated rings. The van der Waals surface area contributed by atoms with Crippen LogP contribution in [-0.4, -0.2) is 11.7 Å². The van der Waals surface area contributed by atoms with E-state index in [-0.39, 0.29) is 0 Å². The van der Waals surface area contributed by atoms with Crippen molar-refractivity contribution in [3.8, 4) is 5.75 Å². The van der Waals surface area contributed by atoms with Gasteiger partial charge in [-0.1, -0.05) is 26.7 Å². The van der Waals surface area contributed by atoms with E-state index in [9.17, 15) is 0 Å². The number of ether oxygens (including phenoxy) is 1. The molecular formula is C17H25NO. The van der Waals surface area contributed by atoms with Crippen molar-refractivity contribution in [2.45, 2.75) is 52.5 Å². The van der Waals surface area contributed by atoms with Crippen molar-refractivity contribution in [1.29, 1.82) is 0 Å². The van der Waals surface area contributed by atoms with E-state index in [0.29, 0.717) is 0 Å². The summed E-state index contributed by atoms with van der Waals surface area (Å²) in [6.45, 7) is 5.63. The Morgan fingerprint density at radius 1 is 1.05 bits per heavy atom. The number of rotatable bonds is 7. The number of nitrogens with zero attached hydrogens (tertiary/aromatic N) is 1. The van der Waals surface area contributed by atoms with Gasteiger partial charge >= 0.3 is 0 Å². The van der Waals surface area contributed by atoms with Crippen LogP contribution in [-0.2, 0) is 13.0 Å². The minimum atomic E-state index is 0.946. The summed E-state index contributed by atoms with van der Waals surface area (Å²) in [5, 5.41) is 1.31. The molecule has 0 saturated carbocycles. The van der Waals surface area contributed by atoms with Crippen molar-refractivity contribution in [1.82, 2.24) is 4.57 Å². The molecule has 1 aromatic heterocycles. The van der Waals surface area contributed by atoms with Crippen molar-refractivity contribution < 1.29 is 4.74 Å². The number of benzene rings is 1. The fourth-order valence-electron chi connectivity index (χ4n) is 2.58. The molecule has 2 nitrogen and oxygen atoms in total. The van der Waals surface area contributed by atoms with Crippen molar-refractivity contribution in [2.75, 3.05) is 7.11 Å². The van der Waals surface area contributed by atoms with Gasteiger partial charge in [0.1, 0.15) is 5.75 Å². The molecule has 0 atom stereocenters. The van der Waals surface area contributed by atoms with E-state index in [1.807, 2.05) is 0 Å². The van der Waals surface area contributed by atoms with Gasteiger partial charge in [0.15, 0.2) is 0 Å². The molecule has 0 bridgehead atoms. The quantitative estimate of drug-likeness (QED) is 0.697. The molecule has 0 aliphatic carbocycles. The molecule has 1 heterocycles. The second-order valence-electron chi connectivity index (χ2n) is 5.17. The molecule has 2 aromatic rings. The van der Waals surface area contributed by atoms with Gasteiger partial charge in [-0.3, -0.25) is 0 Å². The number of unbranched alkanes of at least 4 members (excludes halogenated alkanes) is 2. The first-order valence-corrected chi connectivity index (χ1v) is 7.46. The van der Waals surface area contributed by atoms with E-state index in [1.54, 1.807) is 7.11 Å². The number of fused-ring (bicyclic) bond motifs is 1. The van der Waals surface area contributed by atoms with Gasteiger partial charge in [-0.2, -0.15) is 0 Å². The zero-order valence-electron chi connectivity index (χ0n) is 12.4. The summed E-state index contributed by atoms with van der Waals surface area (Å²) in [5.74, 6) is 0.946. The summed E-state index contributed by atoms with van der Waals surface area (Å²) in [6.07, 6.45) is 6.17. The molecule has 1 aromatic carbocycles. The summed E-state index contributed by atoms with van der Waals surface area (Å²) < 4.78 is 7.82. The molecule has 0 aliphatic heterocycles. The predicted molar refractivity (Wildman–Crippen MR) is 82.0 cm³/mol. The van der Waals surface area contributed by atoms with E-state index in [4.69, 9.17) is 4.74 Å². The van der Waals surface area contributed by atoms with E-state index in [0.717, 1.165) is 12.3 Å². The lowest BCUT2D eigenvalue weighted by atomic mass is 10.2. The fourth-order valence-corrected chi connectivity index (χ4v) is 2.58. The van der Waals surface area contributed by atoms with Crippen molar-refractivity contribution in [3.63, 3.8) is 0 Å². The van der Waals surface area contributed by atoms with Gasteiger partial charge in [-0.25, -0.2) is 0 Å². The van der Waals surface area contributed by atoms with Crippen LogP contribution in [0.4, 0.5) is 0 Å². The maximum atomic E-state index is 5.32. The third-order valence-corrected chi connectivity index (χ3v) is 3.72. The molecule has 0 aliphatic rings. The normalized spacial score (nSPS) is 11.1. The molecule has 0 spiro atoms. The smallest absolute Gasteiger partial charge is 0.119 e. The third kappa shape index (κ3) is 3.12. The highest BCUT2D eigenvalue weighted by molar-refractivity contribution is 5.83. The molecule has 0 radical (unpaired) electrons. The average Bonchev–Trinajstić information content (AvgIpc) is 2.79. The number of aryl methyl sites for hydroxylation is 2. The first-order chi connectivity index (χ1) is 9.30. The Kier molecular flexibility index (Phi) is 4.89. The van der Waals surface area contributed by atoms with Crippen LogP contribution in [0.3, 0.4) is 0 Å². The standard InChI is InChI=1S/C17H25NO/c1-4-6-8-15-12-14-13-16(19-3)9-10-17(14)18(15)11-7-5-2/h9-10,12-13H,4-8,11H2,1-3H3. The maximum absolute atomic E-state index is 5.32. The van der Waals surface area contributed by atoms with Gasteiger partial charge in [0.25, 0.3) is 0 Å². The second-order valence-corrected chi connectivity index (χ2v) is 5.17. The Bertz CT molecular complexity index is 527. The summed E-state index contributed by atoms with van der Waals surface area (Å²) in [7, 11) is 1.73. The van der Waals surface area contributed by atoms with Gasteiger partial charge in [0, 0.05) is 23.1 Å². The van der Waals surface area contributed by atoms with Gasteiger partial charge in [-0.15, -0.1) is 0 Å². The van der Waals surface area contributed by atoms with Crippen LogP contribution in [0, 0.1) is 0 Å². The summed E-state index contributed by atoms with van der Waals surface area (Å²) in [5.41, 5.74) is 2.82. The Hall–Kier alpha value is -1.44. The maximum Gasteiger partial charge on any atom is 0.119 e. The second kappa shape index (κ2) is 6.65. The van der Waals surface area contributed by atoms with Crippen LogP contribution in [0.25, 0.3) is 10.9 Å². The molecule has 0 N–H and O–H groups in total. The predicted octanol–water partition coefficient (Wildman–Crippen LogP) is 4.79. The highest BCUT2D eigenvalue weighted by atomic mass is 16.5. The lowest BCUT2D eigenvalue weighted by Gasteiger charge is -2.10. The van der Waals surface area contributed by atoms with Crippen molar-refractivity contribution in [3.05, 3.63) is 30.0 Å². The molecule has 2 rings (SSSR count). The van der Waals surface area contributed by atoms with E-state index < -0.39 is 0 Å². The van der Waals surface area contributed by atoms with E-state index >= 15 is 0 Å². The van der Waals surface area contributed by atoms with Gasteiger partial charge in [-0.05, 0) is 43.5 Å². The molecule has 2 heteroatoms. The van der Waals surface area contributed by atoms with Gasteiger partial charge in [0.2, 0.25) is 0 Å². The molecule has 0 unspecified atom stereocenters. The zero-order valence-corrected chi connectivity index (χ0v) is 12.4. The Labute approximate surface area is 116 Å².